The number of esters is 3. The van der Waals surface area contributed by atoms with Crippen molar-refractivity contribution in [1.29, 1.82) is 0 Å². The van der Waals surface area contributed by atoms with Gasteiger partial charge in [0.05, 0.1) is 44.6 Å². The Kier molecular flexibility index (Phi) is 44.5. The van der Waals surface area contributed by atoms with Crippen molar-refractivity contribution >= 4 is 108 Å². The fourth-order valence-electron chi connectivity index (χ4n) is 8.35. The van der Waals surface area contributed by atoms with E-state index in [9.17, 15) is 19.2 Å². The summed E-state index contributed by atoms with van der Waals surface area (Å²) in [6.45, 7) is 9.92. The normalized spacial score (nSPS) is 10.2. The number of rotatable bonds is 35. The number of hydroxylamine groups is 1. The van der Waals surface area contributed by atoms with Crippen molar-refractivity contribution in [3.8, 4) is 0 Å². The number of carbonyl (C=O) groups excluding carboxylic acids is 4. The molecule has 8 heterocycles. The summed E-state index contributed by atoms with van der Waals surface area (Å²) in [6.07, 6.45) is 47.3. The van der Waals surface area contributed by atoms with Gasteiger partial charge in [-0.1, -0.05) is 51.4 Å². The van der Waals surface area contributed by atoms with Crippen molar-refractivity contribution in [3.05, 3.63) is 116 Å². The molecule has 0 aliphatic rings. The fourth-order valence-corrected chi connectivity index (χ4v) is 8.67. The first-order chi connectivity index (χ1) is 44.1. The third-order valence-corrected chi connectivity index (χ3v) is 13.2. The average molecular weight is 1400 g/mol. The van der Waals surface area contributed by atoms with Gasteiger partial charge in [-0.05, 0) is 101 Å². The molecular formula is C60H87BClIN21O8. The molecule has 0 saturated carbocycles. The second-order valence-electron chi connectivity index (χ2n) is 19.4. The van der Waals surface area contributed by atoms with Gasteiger partial charge in [-0.15, -0.1) is 12.4 Å². The molecule has 8 aromatic rings. The Morgan fingerprint density at radius 1 is 0.500 bits per heavy atom. The SMILES string of the molecule is CCOC(=O)CCCCCCN.CCOC(=O)CCCCCCN(c1cnccn1)c1nccn2ncnc12.CCOC(=O)CCCCCCNc1cnccn1.Cl.Ic1cnccn1.O=C(CCCCCCN(c1cnccn1)c1nccn2ncnc12)NO.[B]. The Morgan fingerprint density at radius 2 is 0.913 bits per heavy atom. The molecule has 8 aromatic heterocycles. The van der Waals surface area contributed by atoms with Gasteiger partial charge in [-0.25, -0.2) is 54.4 Å². The van der Waals surface area contributed by atoms with E-state index in [1.165, 1.54) is 12.7 Å². The fraction of sp³-hybridized carbons (Fsp3) is 0.500. The van der Waals surface area contributed by atoms with Gasteiger partial charge in [0.15, 0.2) is 34.6 Å². The van der Waals surface area contributed by atoms with Crippen LogP contribution in [0.4, 0.5) is 29.1 Å². The second-order valence-corrected chi connectivity index (χ2v) is 20.5. The molecule has 0 fully saturated rings. The average Bonchev–Trinajstić information content (AvgIpc) is 1.68. The zero-order chi connectivity index (χ0) is 64.5. The van der Waals surface area contributed by atoms with Gasteiger partial charge in [-0.3, -0.25) is 44.3 Å². The van der Waals surface area contributed by atoms with Crippen molar-refractivity contribution in [2.24, 2.45) is 5.73 Å². The highest BCUT2D eigenvalue weighted by atomic mass is 127. The van der Waals surface area contributed by atoms with Crippen LogP contribution in [0.15, 0.2) is 112 Å². The van der Waals surface area contributed by atoms with E-state index in [0.717, 1.165) is 132 Å². The van der Waals surface area contributed by atoms with Crippen LogP contribution in [0.5, 0.6) is 0 Å². The van der Waals surface area contributed by atoms with E-state index < -0.39 is 0 Å². The summed E-state index contributed by atoms with van der Waals surface area (Å²) >= 11 is 2.11. The molecule has 0 saturated heterocycles. The Hall–Kier alpha value is -8.30. The molecule has 497 valence electrons. The van der Waals surface area contributed by atoms with Gasteiger partial charge < -0.3 is 35.1 Å². The van der Waals surface area contributed by atoms with Gasteiger partial charge in [0, 0.05) is 128 Å². The first kappa shape index (κ1) is 79.8. The largest absolute Gasteiger partial charge is 0.466 e. The van der Waals surface area contributed by atoms with E-state index in [4.69, 9.17) is 25.2 Å². The molecule has 0 aromatic carbocycles. The van der Waals surface area contributed by atoms with E-state index in [1.54, 1.807) is 114 Å². The standard InChI is InChI=1S/C18H23N7O2.C16H20N8O2.C13H21N3O2.C9H19NO2.C4H3IN2.B.ClH/c1-2-27-16(26)7-5-3-4-6-11-24(15-13-19-8-9-20-15)17-18-22-14-23-25(18)12-10-21-17;25-14(22-26)5-3-1-2-4-9-23(13-11-17-6-7-18-13)15-16-20-12-21-24(16)10-8-19-15;1-2-18-13(17)7-5-3-4-6-8-15-12-11-14-9-10-16-12;1-2-12-9(11)7-5-3-4-6-8-10;5-4-3-6-1-2-7-4;;/h8-10,12-14H,2-7,11H2,1H3;6-8,10-12,26H,1-5,9H2,(H,22,25);9-11H,2-8H2,1H3,(H,15,16);2-8,10H2,1H3;1-3H;;1H. The second kappa shape index (κ2) is 51.3. The Morgan fingerprint density at radius 3 is 1.29 bits per heavy atom. The zero-order valence-electron chi connectivity index (χ0n) is 52.8. The van der Waals surface area contributed by atoms with E-state index in [0.29, 0.717) is 86.6 Å². The molecule has 5 N–H and O–H groups in total. The molecule has 0 aliphatic carbocycles. The minimum atomic E-state index is -0.353. The molecule has 92 heavy (non-hydrogen) atoms. The summed E-state index contributed by atoms with van der Waals surface area (Å²) in [5, 5.41) is 20.0. The van der Waals surface area contributed by atoms with Crippen molar-refractivity contribution in [2.75, 3.05) is 61.1 Å². The third-order valence-electron chi connectivity index (χ3n) is 12.7. The smallest absolute Gasteiger partial charge is 0.305 e. The Labute approximate surface area is 559 Å². The monoisotopic (exact) mass is 1400 g/mol. The molecule has 0 unspecified atom stereocenters. The highest BCUT2D eigenvalue weighted by Crippen LogP contribution is 2.26. The van der Waals surface area contributed by atoms with Crippen LogP contribution in [-0.4, -0.2) is 162 Å². The molecule has 0 spiro atoms. The number of nitrogens with two attached hydrogens (primary N) is 1. The van der Waals surface area contributed by atoms with Gasteiger partial charge in [0.2, 0.25) is 5.91 Å². The molecule has 3 radical (unpaired) electrons. The highest BCUT2D eigenvalue weighted by molar-refractivity contribution is 14.1. The number of fused-ring (bicyclic) bond motifs is 2. The third kappa shape index (κ3) is 33.7. The van der Waals surface area contributed by atoms with Crippen LogP contribution < -0.4 is 26.3 Å². The number of nitrogens with one attached hydrogen (secondary N) is 2. The van der Waals surface area contributed by atoms with Gasteiger partial charge >= 0.3 is 17.9 Å². The van der Waals surface area contributed by atoms with Gasteiger partial charge in [0.25, 0.3) is 0 Å². The molecule has 1 amide bonds. The maximum Gasteiger partial charge on any atom is 0.305 e. The number of unbranched alkanes of at least 4 members (excludes halogenated alkanes) is 12. The summed E-state index contributed by atoms with van der Waals surface area (Å²) < 4.78 is 18.9. The van der Waals surface area contributed by atoms with E-state index in [2.05, 4.69) is 97.9 Å². The van der Waals surface area contributed by atoms with Crippen LogP contribution in [-0.2, 0) is 33.4 Å². The molecule has 0 bridgehead atoms. The number of nitrogens with zero attached hydrogens (tertiary/aromatic N) is 18. The number of anilines is 5. The molecule has 8 rings (SSSR count). The molecular weight excluding hydrogens is 1320 g/mol. The minimum absolute atomic E-state index is 0. The number of ether oxygens (including phenoxy) is 3. The number of halogens is 2. The van der Waals surface area contributed by atoms with Crippen molar-refractivity contribution in [2.45, 2.75) is 149 Å². The van der Waals surface area contributed by atoms with Crippen molar-refractivity contribution < 1.29 is 38.6 Å². The first-order valence-corrected chi connectivity index (χ1v) is 31.6. The van der Waals surface area contributed by atoms with Crippen LogP contribution in [0.2, 0.25) is 0 Å². The van der Waals surface area contributed by atoms with Gasteiger partial charge in [0.1, 0.15) is 22.2 Å². The Balaban J connectivity index is 0.000000413. The minimum Gasteiger partial charge on any atom is -0.466 e. The Bertz CT molecular complexity index is 3160. The predicted molar refractivity (Wildman–Crippen MR) is 359 cm³/mol. The summed E-state index contributed by atoms with van der Waals surface area (Å²) in [5.74, 6) is 2.94. The molecule has 0 aliphatic heterocycles. The highest BCUT2D eigenvalue weighted by Gasteiger charge is 2.19. The number of carbonyl (C=O) groups is 4. The van der Waals surface area contributed by atoms with Gasteiger partial charge in [-0.2, -0.15) is 10.2 Å². The lowest BCUT2D eigenvalue weighted by molar-refractivity contribution is -0.144. The van der Waals surface area contributed by atoms with Crippen LogP contribution in [0.25, 0.3) is 11.3 Å². The predicted octanol–water partition coefficient (Wildman–Crippen LogP) is 9.06. The van der Waals surface area contributed by atoms with Crippen molar-refractivity contribution in [1.82, 2.24) is 84.5 Å². The van der Waals surface area contributed by atoms with Crippen LogP contribution in [0.3, 0.4) is 0 Å². The number of hydrogen-bond donors (Lipinski definition) is 4. The first-order valence-electron chi connectivity index (χ1n) is 30.5. The molecule has 0 atom stereocenters. The van der Waals surface area contributed by atoms with Crippen LogP contribution in [0, 0.1) is 3.70 Å². The van der Waals surface area contributed by atoms with Crippen LogP contribution >= 0.6 is 35.0 Å². The summed E-state index contributed by atoms with van der Waals surface area (Å²) in [5.41, 5.74) is 8.29. The number of hydrogen-bond acceptors (Lipinski definition) is 26. The molecule has 29 nitrogen and oxygen atoms in total. The maximum atomic E-state index is 11.4. The topological polar surface area (TPSA) is 362 Å². The summed E-state index contributed by atoms with van der Waals surface area (Å²) in [6, 6.07) is 0. The zero-order valence-corrected chi connectivity index (χ0v) is 55.8. The van der Waals surface area contributed by atoms with E-state index in [1.807, 2.05) is 30.6 Å². The maximum absolute atomic E-state index is 11.4. The molecule has 32 heteroatoms. The number of aromatic nitrogens is 16. The van der Waals surface area contributed by atoms with E-state index >= 15 is 0 Å². The lowest BCUT2D eigenvalue weighted by atomic mass is 10.1. The quantitative estimate of drug-likeness (QED) is 0.00547. The van der Waals surface area contributed by atoms with E-state index in [-0.39, 0.29) is 44.6 Å². The number of amides is 1. The summed E-state index contributed by atoms with van der Waals surface area (Å²) in [4.78, 5) is 98.7. The van der Waals surface area contributed by atoms with Crippen LogP contribution in [0.1, 0.15) is 149 Å². The lowest BCUT2D eigenvalue weighted by Gasteiger charge is -2.22. The summed E-state index contributed by atoms with van der Waals surface area (Å²) in [7, 11) is 0. The lowest BCUT2D eigenvalue weighted by Crippen LogP contribution is -2.22. The van der Waals surface area contributed by atoms with Crippen molar-refractivity contribution in [3.63, 3.8) is 0 Å².